The number of aliphatic imine (C=N–C) groups is 1. The molecule has 2 heteroatoms. The second-order valence-corrected chi connectivity index (χ2v) is 5.17. The molecule has 1 aromatic carbocycles. The Hall–Kier alpha value is -1.15. The van der Waals surface area contributed by atoms with Crippen molar-refractivity contribution < 1.29 is 0 Å². The lowest BCUT2D eigenvalue weighted by Gasteiger charge is -2.36. The quantitative estimate of drug-likeness (QED) is 0.699. The predicted octanol–water partition coefficient (Wildman–Crippen LogP) is 2.08. The number of rotatable bonds is 1. The molecule has 1 aliphatic carbocycles. The minimum atomic E-state index is 0.650. The SMILES string of the molecule is CN(C)C1Cc2cccc3c2C(CN=C3)C1. The van der Waals surface area contributed by atoms with Gasteiger partial charge in [0.1, 0.15) is 0 Å². The molecule has 1 heterocycles. The molecule has 0 fully saturated rings. The van der Waals surface area contributed by atoms with Crippen LogP contribution in [0.4, 0.5) is 0 Å². The first-order valence-electron chi connectivity index (χ1n) is 6.03. The average Bonchev–Trinajstić information content (AvgIpc) is 2.29. The van der Waals surface area contributed by atoms with Crippen molar-refractivity contribution >= 4 is 6.21 Å². The summed E-state index contributed by atoms with van der Waals surface area (Å²) >= 11 is 0. The fourth-order valence-corrected chi connectivity index (χ4v) is 3.04. The summed E-state index contributed by atoms with van der Waals surface area (Å²) in [6.45, 7) is 0.981. The van der Waals surface area contributed by atoms with Crippen LogP contribution in [-0.4, -0.2) is 37.8 Å². The Bertz CT molecular complexity index is 434. The van der Waals surface area contributed by atoms with Gasteiger partial charge in [0, 0.05) is 24.7 Å². The van der Waals surface area contributed by atoms with Gasteiger partial charge in [0.25, 0.3) is 0 Å². The smallest absolute Gasteiger partial charge is 0.0459 e. The molecule has 0 radical (unpaired) electrons. The van der Waals surface area contributed by atoms with E-state index < -0.39 is 0 Å². The summed E-state index contributed by atoms with van der Waals surface area (Å²) in [5, 5.41) is 0. The minimum Gasteiger partial charge on any atom is -0.306 e. The summed E-state index contributed by atoms with van der Waals surface area (Å²) < 4.78 is 0. The maximum Gasteiger partial charge on any atom is 0.0459 e. The van der Waals surface area contributed by atoms with Crippen LogP contribution >= 0.6 is 0 Å². The van der Waals surface area contributed by atoms with Crippen LogP contribution < -0.4 is 0 Å². The molecule has 0 N–H and O–H groups in total. The summed E-state index contributed by atoms with van der Waals surface area (Å²) in [5.74, 6) is 0.650. The van der Waals surface area contributed by atoms with Gasteiger partial charge >= 0.3 is 0 Å². The molecule has 2 atom stereocenters. The number of hydrogen-bond donors (Lipinski definition) is 0. The Kier molecular flexibility index (Phi) is 2.32. The molecule has 0 bridgehead atoms. The second kappa shape index (κ2) is 3.70. The van der Waals surface area contributed by atoms with Crippen molar-refractivity contribution in [2.24, 2.45) is 4.99 Å². The van der Waals surface area contributed by atoms with E-state index in [0.29, 0.717) is 12.0 Å². The maximum atomic E-state index is 4.50. The molecule has 3 rings (SSSR count). The molecular weight excluding hydrogens is 196 g/mol. The molecule has 1 aliphatic heterocycles. The Morgan fingerprint density at radius 3 is 3.00 bits per heavy atom. The molecule has 0 saturated heterocycles. The fourth-order valence-electron chi connectivity index (χ4n) is 3.04. The summed E-state index contributed by atoms with van der Waals surface area (Å²) in [5.41, 5.74) is 4.47. The van der Waals surface area contributed by atoms with Crippen molar-refractivity contribution in [3.8, 4) is 0 Å². The highest BCUT2D eigenvalue weighted by Gasteiger charge is 2.30. The van der Waals surface area contributed by atoms with E-state index in [-0.39, 0.29) is 0 Å². The molecule has 1 aromatic rings. The van der Waals surface area contributed by atoms with E-state index in [0.717, 1.165) is 6.54 Å². The van der Waals surface area contributed by atoms with Gasteiger partial charge in [-0.05, 0) is 43.6 Å². The van der Waals surface area contributed by atoms with Crippen molar-refractivity contribution in [3.05, 3.63) is 34.9 Å². The van der Waals surface area contributed by atoms with Gasteiger partial charge in [0.05, 0.1) is 0 Å². The van der Waals surface area contributed by atoms with Crippen molar-refractivity contribution in [1.82, 2.24) is 4.90 Å². The van der Waals surface area contributed by atoms with Crippen molar-refractivity contribution in [2.45, 2.75) is 24.8 Å². The van der Waals surface area contributed by atoms with E-state index in [1.165, 1.54) is 18.4 Å². The zero-order valence-corrected chi connectivity index (χ0v) is 9.98. The van der Waals surface area contributed by atoms with Crippen LogP contribution in [0.15, 0.2) is 23.2 Å². The lowest BCUT2D eigenvalue weighted by molar-refractivity contribution is 0.251. The van der Waals surface area contributed by atoms with Crippen molar-refractivity contribution in [1.29, 1.82) is 0 Å². The molecule has 0 amide bonds. The van der Waals surface area contributed by atoms with E-state index in [1.807, 2.05) is 6.21 Å². The Morgan fingerprint density at radius 1 is 1.31 bits per heavy atom. The number of likely N-dealkylation sites (N-methyl/N-ethyl adjacent to an activating group) is 1. The monoisotopic (exact) mass is 214 g/mol. The lowest BCUT2D eigenvalue weighted by atomic mass is 9.76. The number of nitrogens with zero attached hydrogens (tertiary/aromatic N) is 2. The first-order valence-corrected chi connectivity index (χ1v) is 6.03. The molecule has 2 nitrogen and oxygen atoms in total. The molecule has 0 spiro atoms. The van der Waals surface area contributed by atoms with Crippen LogP contribution in [0.5, 0.6) is 0 Å². The standard InChI is InChI=1S/C14H18N2/c1-16(2)13-6-10-4-3-5-11-8-15-9-12(7-13)14(10)11/h3-5,8,12-13H,6-7,9H2,1-2H3. The second-order valence-electron chi connectivity index (χ2n) is 5.17. The fraction of sp³-hybridized carbons (Fsp3) is 0.500. The van der Waals surface area contributed by atoms with Gasteiger partial charge in [0.2, 0.25) is 0 Å². The maximum absolute atomic E-state index is 4.50. The largest absolute Gasteiger partial charge is 0.306 e. The molecule has 2 aliphatic rings. The van der Waals surface area contributed by atoms with Crippen LogP contribution in [0.2, 0.25) is 0 Å². The van der Waals surface area contributed by atoms with Crippen LogP contribution in [0.3, 0.4) is 0 Å². The third-order valence-corrected chi connectivity index (χ3v) is 3.94. The third kappa shape index (κ3) is 1.49. The molecular formula is C14H18N2. The Balaban J connectivity index is 2.05. The summed E-state index contributed by atoms with van der Waals surface area (Å²) in [6.07, 6.45) is 4.50. The highest BCUT2D eigenvalue weighted by atomic mass is 15.1. The van der Waals surface area contributed by atoms with Crippen LogP contribution in [0, 0.1) is 0 Å². The van der Waals surface area contributed by atoms with Crippen LogP contribution in [-0.2, 0) is 6.42 Å². The Labute approximate surface area is 97.0 Å². The molecule has 0 aromatic heterocycles. The predicted molar refractivity (Wildman–Crippen MR) is 67.4 cm³/mol. The normalized spacial score (nSPS) is 26.9. The van der Waals surface area contributed by atoms with Gasteiger partial charge in [-0.15, -0.1) is 0 Å². The number of hydrogen-bond acceptors (Lipinski definition) is 2. The van der Waals surface area contributed by atoms with Crippen molar-refractivity contribution in [2.75, 3.05) is 20.6 Å². The summed E-state index contributed by atoms with van der Waals surface area (Å²) in [6, 6.07) is 7.34. The third-order valence-electron chi connectivity index (χ3n) is 3.94. The van der Waals surface area contributed by atoms with E-state index in [1.54, 1.807) is 11.1 Å². The highest BCUT2D eigenvalue weighted by molar-refractivity contribution is 5.84. The lowest BCUT2D eigenvalue weighted by Crippen LogP contribution is -2.37. The first kappa shape index (κ1) is 10.0. The average molecular weight is 214 g/mol. The van der Waals surface area contributed by atoms with Crippen LogP contribution in [0.1, 0.15) is 29.0 Å². The van der Waals surface area contributed by atoms with E-state index >= 15 is 0 Å². The van der Waals surface area contributed by atoms with Gasteiger partial charge in [-0.25, -0.2) is 0 Å². The topological polar surface area (TPSA) is 15.6 Å². The minimum absolute atomic E-state index is 0.650. The van der Waals surface area contributed by atoms with Crippen LogP contribution in [0.25, 0.3) is 0 Å². The van der Waals surface area contributed by atoms with E-state index in [4.69, 9.17) is 0 Å². The highest BCUT2D eigenvalue weighted by Crippen LogP contribution is 2.36. The zero-order chi connectivity index (χ0) is 11.1. The van der Waals surface area contributed by atoms with Gasteiger partial charge in [-0.2, -0.15) is 0 Å². The van der Waals surface area contributed by atoms with Gasteiger partial charge in [-0.1, -0.05) is 18.2 Å². The van der Waals surface area contributed by atoms with E-state index in [9.17, 15) is 0 Å². The molecule has 2 unspecified atom stereocenters. The molecule has 0 saturated carbocycles. The Morgan fingerprint density at radius 2 is 2.19 bits per heavy atom. The van der Waals surface area contributed by atoms with E-state index in [2.05, 4.69) is 42.2 Å². The van der Waals surface area contributed by atoms with Gasteiger partial charge in [0.15, 0.2) is 0 Å². The van der Waals surface area contributed by atoms with Crippen molar-refractivity contribution in [3.63, 3.8) is 0 Å². The summed E-state index contributed by atoms with van der Waals surface area (Å²) in [7, 11) is 4.37. The molecule has 84 valence electrons. The summed E-state index contributed by atoms with van der Waals surface area (Å²) in [4.78, 5) is 6.85. The molecule has 16 heavy (non-hydrogen) atoms. The zero-order valence-electron chi connectivity index (χ0n) is 9.98. The van der Waals surface area contributed by atoms with Gasteiger partial charge in [-0.3, -0.25) is 4.99 Å². The number of benzene rings is 1. The first-order chi connectivity index (χ1) is 7.75. The van der Waals surface area contributed by atoms with Gasteiger partial charge < -0.3 is 4.90 Å².